The average Bonchev–Trinajstić information content (AvgIpc) is 2.88. The molecule has 2 N–H and O–H groups in total. The van der Waals surface area contributed by atoms with Gasteiger partial charge in [-0.3, -0.25) is 4.79 Å². The Morgan fingerprint density at radius 2 is 2.00 bits per heavy atom. The second-order valence-electron chi connectivity index (χ2n) is 5.11. The Balaban J connectivity index is 1.93. The largest absolute Gasteiger partial charge is 0.385 e. The molecule has 0 heterocycles. The number of benzene rings is 1. The molecule has 0 spiro atoms. The summed E-state index contributed by atoms with van der Waals surface area (Å²) in [7, 11) is 0. The van der Waals surface area contributed by atoms with E-state index >= 15 is 0 Å². The van der Waals surface area contributed by atoms with Crippen molar-refractivity contribution in [1.82, 2.24) is 5.32 Å². The first kappa shape index (κ1) is 15.2. The lowest BCUT2D eigenvalue weighted by atomic mass is 10.1. The summed E-state index contributed by atoms with van der Waals surface area (Å²) >= 11 is 1.97. The fourth-order valence-electron chi connectivity index (χ4n) is 2.70. The maximum absolute atomic E-state index is 12.3. The average molecular weight is 292 g/mol. The minimum atomic E-state index is 0.0571. The SMILES string of the molecule is CCNc1ccc(C(=O)NC2CCCC2SCC)cc1. The van der Waals surface area contributed by atoms with Gasteiger partial charge in [-0.25, -0.2) is 0 Å². The molecule has 2 atom stereocenters. The van der Waals surface area contributed by atoms with Crippen LogP contribution >= 0.6 is 11.8 Å². The van der Waals surface area contributed by atoms with E-state index in [9.17, 15) is 4.79 Å². The Kier molecular flexibility index (Phi) is 5.77. The minimum absolute atomic E-state index is 0.0571. The summed E-state index contributed by atoms with van der Waals surface area (Å²) in [5.41, 5.74) is 1.81. The van der Waals surface area contributed by atoms with Gasteiger partial charge in [-0.1, -0.05) is 13.3 Å². The topological polar surface area (TPSA) is 41.1 Å². The molecule has 2 unspecified atom stereocenters. The van der Waals surface area contributed by atoms with Crippen molar-refractivity contribution in [2.45, 2.75) is 44.4 Å². The van der Waals surface area contributed by atoms with Crippen molar-refractivity contribution >= 4 is 23.4 Å². The van der Waals surface area contributed by atoms with Gasteiger partial charge in [0.1, 0.15) is 0 Å². The van der Waals surface area contributed by atoms with Gasteiger partial charge >= 0.3 is 0 Å². The van der Waals surface area contributed by atoms with Gasteiger partial charge in [-0.2, -0.15) is 11.8 Å². The number of nitrogens with one attached hydrogen (secondary N) is 2. The standard InChI is InChI=1S/C16H24N2OS/c1-3-17-13-10-8-12(9-11-13)16(19)18-14-6-5-7-15(14)20-4-2/h8-11,14-15,17H,3-7H2,1-2H3,(H,18,19). The zero-order valence-corrected chi connectivity index (χ0v) is 13.1. The highest BCUT2D eigenvalue weighted by molar-refractivity contribution is 7.99. The van der Waals surface area contributed by atoms with Crippen LogP contribution in [-0.4, -0.2) is 29.5 Å². The van der Waals surface area contributed by atoms with Crippen LogP contribution in [-0.2, 0) is 0 Å². The van der Waals surface area contributed by atoms with E-state index in [2.05, 4.69) is 24.5 Å². The fraction of sp³-hybridized carbons (Fsp3) is 0.562. The molecule has 1 fully saturated rings. The second kappa shape index (κ2) is 7.58. The zero-order chi connectivity index (χ0) is 14.4. The van der Waals surface area contributed by atoms with Crippen molar-refractivity contribution < 1.29 is 4.79 Å². The Bertz CT molecular complexity index is 433. The highest BCUT2D eigenvalue weighted by atomic mass is 32.2. The normalized spacial score (nSPS) is 21.7. The Morgan fingerprint density at radius 1 is 1.25 bits per heavy atom. The molecule has 110 valence electrons. The smallest absolute Gasteiger partial charge is 0.251 e. The zero-order valence-electron chi connectivity index (χ0n) is 12.3. The van der Waals surface area contributed by atoms with Crippen molar-refractivity contribution in [2.75, 3.05) is 17.6 Å². The number of thioether (sulfide) groups is 1. The molecule has 1 aromatic carbocycles. The van der Waals surface area contributed by atoms with Gasteiger partial charge in [0.15, 0.2) is 0 Å². The molecule has 1 aliphatic rings. The number of anilines is 1. The van der Waals surface area contributed by atoms with Crippen LogP contribution in [0.3, 0.4) is 0 Å². The number of carbonyl (C=O) groups is 1. The summed E-state index contributed by atoms with van der Waals surface area (Å²) in [6, 6.07) is 8.05. The van der Waals surface area contributed by atoms with Crippen LogP contribution in [0.15, 0.2) is 24.3 Å². The first-order chi connectivity index (χ1) is 9.74. The van der Waals surface area contributed by atoms with Crippen LogP contribution in [0.2, 0.25) is 0 Å². The molecular weight excluding hydrogens is 268 g/mol. The molecule has 1 aromatic rings. The predicted molar refractivity (Wildman–Crippen MR) is 87.6 cm³/mol. The number of rotatable bonds is 6. The van der Waals surface area contributed by atoms with Gasteiger partial charge in [0.25, 0.3) is 5.91 Å². The molecule has 3 nitrogen and oxygen atoms in total. The van der Waals surface area contributed by atoms with Crippen molar-refractivity contribution in [2.24, 2.45) is 0 Å². The lowest BCUT2D eigenvalue weighted by Crippen LogP contribution is -2.38. The maximum Gasteiger partial charge on any atom is 0.251 e. The summed E-state index contributed by atoms with van der Waals surface area (Å²) in [6.07, 6.45) is 3.56. The molecule has 4 heteroatoms. The molecule has 0 aliphatic heterocycles. The third-order valence-electron chi connectivity index (χ3n) is 3.68. The first-order valence-corrected chi connectivity index (χ1v) is 8.55. The Labute approximate surface area is 125 Å². The van der Waals surface area contributed by atoms with Crippen LogP contribution in [0.25, 0.3) is 0 Å². The molecule has 1 saturated carbocycles. The van der Waals surface area contributed by atoms with E-state index in [4.69, 9.17) is 0 Å². The molecule has 1 amide bonds. The maximum atomic E-state index is 12.3. The van der Waals surface area contributed by atoms with Crippen molar-refractivity contribution in [1.29, 1.82) is 0 Å². The van der Waals surface area contributed by atoms with Crippen LogP contribution in [0.1, 0.15) is 43.5 Å². The highest BCUT2D eigenvalue weighted by Gasteiger charge is 2.28. The monoisotopic (exact) mass is 292 g/mol. The van der Waals surface area contributed by atoms with Crippen molar-refractivity contribution in [3.63, 3.8) is 0 Å². The van der Waals surface area contributed by atoms with Crippen LogP contribution in [0.4, 0.5) is 5.69 Å². The third kappa shape index (κ3) is 3.92. The van der Waals surface area contributed by atoms with Crippen LogP contribution in [0, 0.1) is 0 Å². The summed E-state index contributed by atoms with van der Waals surface area (Å²) in [5, 5.41) is 7.02. The molecule has 1 aliphatic carbocycles. The molecular formula is C16H24N2OS. The predicted octanol–water partition coefficient (Wildman–Crippen LogP) is 3.52. The molecule has 0 bridgehead atoms. The van der Waals surface area contributed by atoms with Gasteiger partial charge < -0.3 is 10.6 Å². The van der Waals surface area contributed by atoms with Gasteiger partial charge in [0, 0.05) is 29.1 Å². The highest BCUT2D eigenvalue weighted by Crippen LogP contribution is 2.30. The molecule has 0 saturated heterocycles. The lowest BCUT2D eigenvalue weighted by molar-refractivity contribution is 0.0938. The van der Waals surface area contributed by atoms with E-state index in [-0.39, 0.29) is 5.91 Å². The number of hydrogen-bond donors (Lipinski definition) is 2. The fourth-order valence-corrected chi connectivity index (χ4v) is 3.90. The van der Waals surface area contributed by atoms with E-state index < -0.39 is 0 Å². The van der Waals surface area contributed by atoms with E-state index in [1.807, 2.05) is 36.0 Å². The third-order valence-corrected chi connectivity index (χ3v) is 5.00. The van der Waals surface area contributed by atoms with Gasteiger partial charge in [-0.05, 0) is 49.8 Å². The summed E-state index contributed by atoms with van der Waals surface area (Å²) < 4.78 is 0. The molecule has 0 radical (unpaired) electrons. The molecule has 0 aromatic heterocycles. The van der Waals surface area contributed by atoms with Gasteiger partial charge in [-0.15, -0.1) is 0 Å². The van der Waals surface area contributed by atoms with Crippen LogP contribution < -0.4 is 10.6 Å². The van der Waals surface area contributed by atoms with Crippen molar-refractivity contribution in [3.8, 4) is 0 Å². The molecule has 20 heavy (non-hydrogen) atoms. The minimum Gasteiger partial charge on any atom is -0.385 e. The quantitative estimate of drug-likeness (QED) is 0.843. The van der Waals surface area contributed by atoms with E-state index in [0.29, 0.717) is 11.3 Å². The van der Waals surface area contributed by atoms with E-state index in [1.54, 1.807) is 0 Å². The number of amides is 1. The van der Waals surface area contributed by atoms with Gasteiger partial charge in [0.05, 0.1) is 0 Å². The van der Waals surface area contributed by atoms with E-state index in [0.717, 1.165) is 30.0 Å². The van der Waals surface area contributed by atoms with Crippen molar-refractivity contribution in [3.05, 3.63) is 29.8 Å². The summed E-state index contributed by atoms with van der Waals surface area (Å²) in [6.45, 7) is 5.14. The first-order valence-electron chi connectivity index (χ1n) is 7.51. The summed E-state index contributed by atoms with van der Waals surface area (Å²) in [5.74, 6) is 1.18. The van der Waals surface area contributed by atoms with E-state index in [1.165, 1.54) is 12.8 Å². The Morgan fingerprint density at radius 3 is 2.65 bits per heavy atom. The molecule has 2 rings (SSSR count). The lowest BCUT2D eigenvalue weighted by Gasteiger charge is -2.20. The number of carbonyl (C=O) groups excluding carboxylic acids is 1. The van der Waals surface area contributed by atoms with Gasteiger partial charge in [0.2, 0.25) is 0 Å². The van der Waals surface area contributed by atoms with Crippen LogP contribution in [0.5, 0.6) is 0 Å². The summed E-state index contributed by atoms with van der Waals surface area (Å²) in [4.78, 5) is 12.3. The second-order valence-corrected chi connectivity index (χ2v) is 6.63. The number of hydrogen-bond acceptors (Lipinski definition) is 3. The Hall–Kier alpha value is -1.16.